The van der Waals surface area contributed by atoms with Crippen LogP contribution in [0.25, 0.3) is 5.69 Å². The van der Waals surface area contributed by atoms with Crippen molar-refractivity contribution in [3.8, 4) is 5.69 Å². The van der Waals surface area contributed by atoms with Crippen molar-refractivity contribution in [3.63, 3.8) is 0 Å². The Kier molecular flexibility index (Phi) is 5.03. The SMILES string of the molecule is c1ccc(-n2cc(CNCCOC3CCCC3)cn2)cc1. The molecule has 21 heavy (non-hydrogen) atoms. The normalized spacial score (nSPS) is 15.6. The summed E-state index contributed by atoms with van der Waals surface area (Å²) < 4.78 is 7.74. The molecule has 1 aliphatic rings. The fourth-order valence-electron chi connectivity index (χ4n) is 2.76. The van der Waals surface area contributed by atoms with Crippen LogP contribution in [0.15, 0.2) is 42.7 Å². The predicted octanol–water partition coefficient (Wildman–Crippen LogP) is 2.92. The zero-order valence-corrected chi connectivity index (χ0v) is 12.4. The lowest BCUT2D eigenvalue weighted by molar-refractivity contribution is 0.0603. The fraction of sp³-hybridized carbons (Fsp3) is 0.471. The van der Waals surface area contributed by atoms with E-state index in [0.717, 1.165) is 25.4 Å². The Labute approximate surface area is 126 Å². The van der Waals surface area contributed by atoms with Gasteiger partial charge in [0.1, 0.15) is 0 Å². The van der Waals surface area contributed by atoms with Crippen LogP contribution in [-0.4, -0.2) is 29.0 Å². The Morgan fingerprint density at radius 1 is 1.19 bits per heavy atom. The van der Waals surface area contributed by atoms with Gasteiger partial charge in [0.2, 0.25) is 0 Å². The van der Waals surface area contributed by atoms with E-state index in [2.05, 4.69) is 28.7 Å². The first kappa shape index (κ1) is 14.3. The van der Waals surface area contributed by atoms with E-state index in [0.29, 0.717) is 6.10 Å². The minimum atomic E-state index is 0.507. The summed E-state index contributed by atoms with van der Waals surface area (Å²) in [5.41, 5.74) is 2.29. The lowest BCUT2D eigenvalue weighted by Crippen LogP contribution is -2.21. The van der Waals surface area contributed by atoms with E-state index in [-0.39, 0.29) is 0 Å². The number of aromatic nitrogens is 2. The van der Waals surface area contributed by atoms with Crippen LogP contribution < -0.4 is 5.32 Å². The van der Waals surface area contributed by atoms with Crippen LogP contribution in [0.4, 0.5) is 0 Å². The Morgan fingerprint density at radius 2 is 2.00 bits per heavy atom. The van der Waals surface area contributed by atoms with Gasteiger partial charge in [-0.3, -0.25) is 0 Å². The molecule has 0 spiro atoms. The van der Waals surface area contributed by atoms with Crippen molar-refractivity contribution in [2.45, 2.75) is 38.3 Å². The molecule has 1 saturated carbocycles. The first-order chi connectivity index (χ1) is 10.4. The second-order valence-electron chi connectivity index (χ2n) is 5.58. The van der Waals surface area contributed by atoms with Crippen LogP contribution >= 0.6 is 0 Å². The molecule has 1 aromatic heterocycles. The van der Waals surface area contributed by atoms with Crippen molar-refractivity contribution in [2.75, 3.05) is 13.2 Å². The maximum absolute atomic E-state index is 5.83. The minimum absolute atomic E-state index is 0.507. The lowest BCUT2D eigenvalue weighted by atomic mass is 10.3. The van der Waals surface area contributed by atoms with E-state index in [1.807, 2.05) is 29.1 Å². The summed E-state index contributed by atoms with van der Waals surface area (Å²) in [6.07, 6.45) is 9.63. The molecule has 2 aromatic rings. The molecule has 1 N–H and O–H groups in total. The van der Waals surface area contributed by atoms with E-state index < -0.39 is 0 Å². The smallest absolute Gasteiger partial charge is 0.0645 e. The van der Waals surface area contributed by atoms with Crippen LogP contribution in [0.5, 0.6) is 0 Å². The number of para-hydroxylation sites is 1. The Bertz CT molecular complexity index is 532. The van der Waals surface area contributed by atoms with E-state index in [1.165, 1.54) is 31.2 Å². The highest BCUT2D eigenvalue weighted by molar-refractivity contribution is 5.30. The second-order valence-corrected chi connectivity index (χ2v) is 5.58. The Balaban J connectivity index is 1.39. The molecule has 0 amide bonds. The molecule has 0 bridgehead atoms. The molecule has 1 aromatic carbocycles. The summed E-state index contributed by atoms with van der Waals surface area (Å²) >= 11 is 0. The molecule has 0 aliphatic heterocycles. The standard InChI is InChI=1S/C17H23N3O/c1-2-6-16(7-3-1)20-14-15(13-19-20)12-18-10-11-21-17-8-4-5-9-17/h1-3,6-7,13-14,17-18H,4-5,8-12H2. The quantitative estimate of drug-likeness (QED) is 0.795. The highest BCUT2D eigenvalue weighted by atomic mass is 16.5. The van der Waals surface area contributed by atoms with Crippen LogP contribution in [0, 0.1) is 0 Å². The summed E-state index contributed by atoms with van der Waals surface area (Å²) in [5, 5.41) is 7.81. The fourth-order valence-corrected chi connectivity index (χ4v) is 2.76. The molecule has 4 heteroatoms. The number of nitrogens with zero attached hydrogens (tertiary/aromatic N) is 2. The van der Waals surface area contributed by atoms with Crippen LogP contribution in [0.3, 0.4) is 0 Å². The van der Waals surface area contributed by atoms with Gasteiger partial charge in [-0.05, 0) is 25.0 Å². The Hall–Kier alpha value is -1.65. The van der Waals surface area contributed by atoms with Gasteiger partial charge in [-0.2, -0.15) is 5.10 Å². The van der Waals surface area contributed by atoms with Crippen LogP contribution in [0.1, 0.15) is 31.2 Å². The highest BCUT2D eigenvalue weighted by Crippen LogP contribution is 2.20. The van der Waals surface area contributed by atoms with Gasteiger partial charge in [-0.1, -0.05) is 31.0 Å². The van der Waals surface area contributed by atoms with Crippen molar-refractivity contribution >= 4 is 0 Å². The second kappa shape index (κ2) is 7.38. The molecule has 0 saturated heterocycles. The summed E-state index contributed by atoms with van der Waals surface area (Å²) in [7, 11) is 0. The third kappa shape index (κ3) is 4.16. The first-order valence-electron chi connectivity index (χ1n) is 7.83. The van der Waals surface area contributed by atoms with Gasteiger partial charge < -0.3 is 10.1 Å². The molecule has 1 heterocycles. The zero-order valence-electron chi connectivity index (χ0n) is 12.4. The molecular weight excluding hydrogens is 262 g/mol. The number of hydrogen-bond donors (Lipinski definition) is 1. The van der Waals surface area contributed by atoms with Gasteiger partial charge >= 0.3 is 0 Å². The molecule has 0 unspecified atom stereocenters. The number of nitrogens with one attached hydrogen (secondary N) is 1. The number of rotatable bonds is 7. The average molecular weight is 285 g/mol. The highest BCUT2D eigenvalue weighted by Gasteiger charge is 2.14. The minimum Gasteiger partial charge on any atom is -0.377 e. The number of benzene rings is 1. The largest absolute Gasteiger partial charge is 0.377 e. The predicted molar refractivity (Wildman–Crippen MR) is 83.5 cm³/mol. The van der Waals surface area contributed by atoms with E-state index in [4.69, 9.17) is 4.74 Å². The van der Waals surface area contributed by atoms with Crippen molar-refractivity contribution in [3.05, 3.63) is 48.3 Å². The van der Waals surface area contributed by atoms with Crippen LogP contribution in [-0.2, 0) is 11.3 Å². The Morgan fingerprint density at radius 3 is 2.81 bits per heavy atom. The van der Waals surface area contributed by atoms with Crippen molar-refractivity contribution in [1.82, 2.24) is 15.1 Å². The topological polar surface area (TPSA) is 39.1 Å². The molecule has 4 nitrogen and oxygen atoms in total. The van der Waals surface area contributed by atoms with Gasteiger partial charge in [0.25, 0.3) is 0 Å². The summed E-state index contributed by atoms with van der Waals surface area (Å²) in [6.45, 7) is 2.53. The summed E-state index contributed by atoms with van der Waals surface area (Å²) in [4.78, 5) is 0. The van der Waals surface area contributed by atoms with E-state index >= 15 is 0 Å². The van der Waals surface area contributed by atoms with Gasteiger partial charge in [0.05, 0.1) is 24.6 Å². The molecular formula is C17H23N3O. The van der Waals surface area contributed by atoms with E-state index in [9.17, 15) is 0 Å². The van der Waals surface area contributed by atoms with Gasteiger partial charge in [-0.15, -0.1) is 0 Å². The molecule has 1 aliphatic carbocycles. The molecule has 0 atom stereocenters. The average Bonchev–Trinajstić information content (AvgIpc) is 3.19. The third-order valence-corrected chi connectivity index (χ3v) is 3.92. The molecule has 0 radical (unpaired) electrons. The van der Waals surface area contributed by atoms with Gasteiger partial charge in [0.15, 0.2) is 0 Å². The summed E-state index contributed by atoms with van der Waals surface area (Å²) in [6, 6.07) is 10.2. The van der Waals surface area contributed by atoms with Crippen molar-refractivity contribution in [1.29, 1.82) is 0 Å². The van der Waals surface area contributed by atoms with Gasteiger partial charge in [-0.25, -0.2) is 4.68 Å². The van der Waals surface area contributed by atoms with Gasteiger partial charge in [0, 0.05) is 24.8 Å². The third-order valence-electron chi connectivity index (χ3n) is 3.92. The number of ether oxygens (including phenoxy) is 1. The van der Waals surface area contributed by atoms with E-state index in [1.54, 1.807) is 0 Å². The maximum Gasteiger partial charge on any atom is 0.0645 e. The monoisotopic (exact) mass is 285 g/mol. The first-order valence-corrected chi connectivity index (χ1v) is 7.83. The molecule has 112 valence electrons. The molecule has 1 fully saturated rings. The molecule has 3 rings (SSSR count). The maximum atomic E-state index is 5.83. The zero-order chi connectivity index (χ0) is 14.3. The van der Waals surface area contributed by atoms with Crippen molar-refractivity contribution in [2.24, 2.45) is 0 Å². The summed E-state index contributed by atoms with van der Waals surface area (Å²) in [5.74, 6) is 0. The number of hydrogen-bond acceptors (Lipinski definition) is 3. The van der Waals surface area contributed by atoms with Crippen molar-refractivity contribution < 1.29 is 4.74 Å². The lowest BCUT2D eigenvalue weighted by Gasteiger charge is -2.10. The van der Waals surface area contributed by atoms with Crippen LogP contribution in [0.2, 0.25) is 0 Å².